The van der Waals surface area contributed by atoms with Crippen molar-refractivity contribution >= 4 is 5.71 Å². The van der Waals surface area contributed by atoms with Gasteiger partial charge in [-0.1, -0.05) is 6.92 Å². The van der Waals surface area contributed by atoms with E-state index < -0.39 is 0 Å². The average molecular weight is 137 g/mol. The van der Waals surface area contributed by atoms with Crippen molar-refractivity contribution < 1.29 is 0 Å². The zero-order chi connectivity index (χ0) is 7.30. The maximum absolute atomic E-state index is 4.60. The number of aliphatic imine (C=N–C) groups is 1. The number of rotatable bonds is 1. The monoisotopic (exact) mass is 137 g/mol. The zero-order valence-electron chi connectivity index (χ0n) is 6.96. The summed E-state index contributed by atoms with van der Waals surface area (Å²) in [4.78, 5) is 4.60. The lowest BCUT2D eigenvalue weighted by molar-refractivity contribution is 0.259. The molecule has 1 nitrogen and oxygen atoms in total. The van der Waals surface area contributed by atoms with Gasteiger partial charge in [0.05, 0.1) is 6.04 Å². The smallest absolute Gasteiger partial charge is 0.0558 e. The molecule has 0 N–H and O–H groups in total. The summed E-state index contributed by atoms with van der Waals surface area (Å²) < 4.78 is 0. The van der Waals surface area contributed by atoms with E-state index in [2.05, 4.69) is 25.8 Å². The molecule has 0 aromatic carbocycles. The summed E-state index contributed by atoms with van der Waals surface area (Å²) in [5.74, 6) is 2.94. The highest BCUT2D eigenvalue weighted by molar-refractivity contribution is 5.79. The highest BCUT2D eigenvalue weighted by Crippen LogP contribution is 2.60. The van der Waals surface area contributed by atoms with Crippen LogP contribution in [0.5, 0.6) is 0 Å². The Morgan fingerprint density at radius 3 is 2.40 bits per heavy atom. The predicted octanol–water partition coefficient (Wildman–Crippen LogP) is 2.12. The molecule has 4 atom stereocenters. The molecule has 2 saturated carbocycles. The van der Waals surface area contributed by atoms with Crippen LogP contribution in [0.15, 0.2) is 4.99 Å². The highest BCUT2D eigenvalue weighted by atomic mass is 14.9. The second kappa shape index (κ2) is 1.84. The van der Waals surface area contributed by atoms with Gasteiger partial charge in [0.1, 0.15) is 0 Å². The summed E-state index contributed by atoms with van der Waals surface area (Å²) in [5, 5.41) is 0. The van der Waals surface area contributed by atoms with E-state index in [1.165, 1.54) is 12.1 Å². The minimum absolute atomic E-state index is 0.704. The number of fused-ring (bicyclic) bond motifs is 1. The van der Waals surface area contributed by atoms with Crippen LogP contribution in [0, 0.1) is 17.8 Å². The Kier molecular flexibility index (Phi) is 1.17. The second-order valence-electron chi connectivity index (χ2n) is 3.99. The van der Waals surface area contributed by atoms with Crippen LogP contribution < -0.4 is 0 Å². The van der Waals surface area contributed by atoms with Crippen molar-refractivity contribution in [3.05, 3.63) is 0 Å². The van der Waals surface area contributed by atoms with Crippen molar-refractivity contribution in [3.8, 4) is 0 Å². The number of nitrogens with zero attached hydrogens (tertiary/aromatic N) is 1. The van der Waals surface area contributed by atoms with E-state index >= 15 is 0 Å². The molecule has 56 valence electrons. The molecule has 0 aliphatic heterocycles. The Bertz CT molecular complexity index is 179. The lowest BCUT2D eigenvalue weighted by Crippen LogP contribution is -2.31. The van der Waals surface area contributed by atoms with E-state index in [0.717, 1.165) is 17.8 Å². The summed E-state index contributed by atoms with van der Waals surface area (Å²) in [6, 6.07) is 0.704. The predicted molar refractivity (Wildman–Crippen MR) is 43.3 cm³/mol. The Morgan fingerprint density at radius 2 is 2.00 bits per heavy atom. The molecule has 0 saturated heterocycles. The Balaban J connectivity index is 2.01. The first-order valence-electron chi connectivity index (χ1n) is 4.21. The van der Waals surface area contributed by atoms with Crippen LogP contribution in [0.4, 0.5) is 0 Å². The van der Waals surface area contributed by atoms with Gasteiger partial charge in [-0.15, -0.1) is 0 Å². The second-order valence-corrected chi connectivity index (χ2v) is 3.99. The van der Waals surface area contributed by atoms with Gasteiger partial charge < -0.3 is 0 Å². The van der Waals surface area contributed by atoms with Gasteiger partial charge in [0, 0.05) is 5.71 Å². The summed E-state index contributed by atoms with van der Waals surface area (Å²) in [6.45, 7) is 6.54. The third kappa shape index (κ3) is 0.727. The molecule has 2 aliphatic carbocycles. The fraction of sp³-hybridized carbons (Fsp3) is 0.889. The van der Waals surface area contributed by atoms with Crippen LogP contribution in [0.1, 0.15) is 27.2 Å². The lowest BCUT2D eigenvalue weighted by atomic mass is 9.81. The van der Waals surface area contributed by atoms with Crippen LogP contribution in [-0.4, -0.2) is 11.8 Å². The van der Waals surface area contributed by atoms with Crippen LogP contribution in [-0.2, 0) is 0 Å². The molecular weight excluding hydrogens is 122 g/mol. The van der Waals surface area contributed by atoms with E-state index in [9.17, 15) is 0 Å². The topological polar surface area (TPSA) is 12.4 Å². The molecule has 0 spiro atoms. The fourth-order valence-electron chi connectivity index (χ4n) is 2.24. The molecule has 1 heteroatoms. The molecule has 2 fully saturated rings. The van der Waals surface area contributed by atoms with Gasteiger partial charge in [0.2, 0.25) is 0 Å². The molecule has 0 aromatic heterocycles. The molecule has 0 bridgehead atoms. The minimum Gasteiger partial charge on any atom is -0.291 e. The van der Waals surface area contributed by atoms with E-state index in [4.69, 9.17) is 0 Å². The minimum atomic E-state index is 0.704. The summed E-state index contributed by atoms with van der Waals surface area (Å²) >= 11 is 0. The van der Waals surface area contributed by atoms with Crippen molar-refractivity contribution in [2.45, 2.75) is 33.2 Å². The third-order valence-electron chi connectivity index (χ3n) is 2.95. The van der Waals surface area contributed by atoms with Crippen LogP contribution in [0.25, 0.3) is 0 Å². The van der Waals surface area contributed by atoms with E-state index in [0.29, 0.717) is 6.04 Å². The Hall–Kier alpha value is -0.330. The van der Waals surface area contributed by atoms with Crippen LogP contribution in [0.2, 0.25) is 0 Å². The zero-order valence-corrected chi connectivity index (χ0v) is 6.96. The van der Waals surface area contributed by atoms with Gasteiger partial charge in [-0.3, -0.25) is 4.99 Å². The van der Waals surface area contributed by atoms with Gasteiger partial charge >= 0.3 is 0 Å². The van der Waals surface area contributed by atoms with E-state index in [-0.39, 0.29) is 0 Å². The molecule has 2 aliphatic rings. The Labute approximate surface area is 62.5 Å². The van der Waals surface area contributed by atoms with Gasteiger partial charge in [0.25, 0.3) is 0 Å². The summed E-state index contributed by atoms with van der Waals surface area (Å²) in [5.41, 5.74) is 1.25. The molecule has 2 rings (SSSR count). The molecule has 0 amide bonds. The first-order valence-corrected chi connectivity index (χ1v) is 4.21. The summed E-state index contributed by atoms with van der Waals surface area (Å²) in [6.07, 6.45) is 1.46. The third-order valence-corrected chi connectivity index (χ3v) is 2.95. The van der Waals surface area contributed by atoms with Crippen molar-refractivity contribution in [1.82, 2.24) is 0 Å². The SMILES string of the molecule is CC(C)=NC1C(C)C2CC21. The van der Waals surface area contributed by atoms with Gasteiger partial charge in [-0.05, 0) is 38.0 Å². The maximum Gasteiger partial charge on any atom is 0.0558 e. The van der Waals surface area contributed by atoms with E-state index in [1.54, 1.807) is 0 Å². The first-order chi connectivity index (χ1) is 4.70. The van der Waals surface area contributed by atoms with Gasteiger partial charge in [-0.2, -0.15) is 0 Å². The molecule has 0 heterocycles. The van der Waals surface area contributed by atoms with Gasteiger partial charge in [-0.25, -0.2) is 0 Å². The molecular formula is C9H15N. The van der Waals surface area contributed by atoms with Crippen LogP contribution in [0.3, 0.4) is 0 Å². The molecule has 0 aromatic rings. The van der Waals surface area contributed by atoms with Crippen molar-refractivity contribution in [3.63, 3.8) is 0 Å². The highest BCUT2D eigenvalue weighted by Gasteiger charge is 2.59. The molecule has 10 heavy (non-hydrogen) atoms. The average Bonchev–Trinajstić information content (AvgIpc) is 2.58. The summed E-state index contributed by atoms with van der Waals surface area (Å²) in [7, 11) is 0. The van der Waals surface area contributed by atoms with Crippen molar-refractivity contribution in [2.75, 3.05) is 0 Å². The normalized spacial score (nSPS) is 49.1. The van der Waals surface area contributed by atoms with Crippen LogP contribution >= 0.6 is 0 Å². The lowest BCUT2D eigenvalue weighted by Gasteiger charge is -2.29. The fourth-order valence-corrected chi connectivity index (χ4v) is 2.24. The van der Waals surface area contributed by atoms with E-state index in [1.807, 2.05) is 0 Å². The largest absolute Gasteiger partial charge is 0.291 e. The molecule has 0 radical (unpaired) electrons. The van der Waals surface area contributed by atoms with Crippen molar-refractivity contribution in [2.24, 2.45) is 22.7 Å². The number of hydrogen-bond acceptors (Lipinski definition) is 1. The maximum atomic E-state index is 4.60. The Morgan fingerprint density at radius 1 is 1.30 bits per heavy atom. The van der Waals surface area contributed by atoms with Crippen molar-refractivity contribution in [1.29, 1.82) is 0 Å². The molecule has 4 unspecified atom stereocenters. The first kappa shape index (κ1) is 6.38. The quantitative estimate of drug-likeness (QED) is 0.491. The standard InChI is InChI=1S/C9H15N/c1-5(2)10-9-6(3)7-4-8(7)9/h6-9H,4H2,1-3H3. The number of hydrogen-bond donors (Lipinski definition) is 0. The van der Waals surface area contributed by atoms with Gasteiger partial charge in [0.15, 0.2) is 0 Å².